The van der Waals surface area contributed by atoms with Crippen LogP contribution in [0.25, 0.3) is 0 Å². The highest BCUT2D eigenvalue weighted by atomic mass is 16.6. The maximum atomic E-state index is 11.9. The van der Waals surface area contributed by atoms with Crippen LogP contribution in [-0.4, -0.2) is 11.6 Å². The molecule has 126 valence electrons. The van der Waals surface area contributed by atoms with Crippen molar-refractivity contribution in [3.63, 3.8) is 0 Å². The number of unbranched alkanes of at least 4 members (excludes halogenated alkanes) is 9. The number of rotatable bonds is 14. The summed E-state index contributed by atoms with van der Waals surface area (Å²) >= 11 is 0. The van der Waals surface area contributed by atoms with E-state index in [9.17, 15) is 4.79 Å². The summed E-state index contributed by atoms with van der Waals surface area (Å²) in [6.07, 6.45) is 15.2. The highest BCUT2D eigenvalue weighted by molar-refractivity contribution is 5.69. The van der Waals surface area contributed by atoms with E-state index in [1.165, 1.54) is 51.4 Å². The highest BCUT2D eigenvalue weighted by Gasteiger charge is 2.21. The van der Waals surface area contributed by atoms with E-state index < -0.39 is 0 Å². The number of esters is 1. The van der Waals surface area contributed by atoms with Gasteiger partial charge in [0.05, 0.1) is 0 Å². The average molecular weight is 299 g/mol. The molecule has 0 bridgehead atoms. The van der Waals surface area contributed by atoms with Crippen molar-refractivity contribution >= 4 is 5.97 Å². The first-order valence-electron chi connectivity index (χ1n) is 9.23. The molecule has 0 amide bonds. The lowest BCUT2D eigenvalue weighted by Crippen LogP contribution is -2.27. The first kappa shape index (κ1) is 20.5. The van der Waals surface area contributed by atoms with Crippen LogP contribution in [-0.2, 0) is 9.53 Å². The molecule has 0 aromatic rings. The number of hydrogen-bond donors (Lipinski definition) is 0. The molecule has 0 N–H and O–H groups in total. The van der Waals surface area contributed by atoms with E-state index in [0.717, 1.165) is 25.7 Å². The van der Waals surface area contributed by atoms with Gasteiger partial charge in [0.15, 0.2) is 0 Å². The van der Waals surface area contributed by atoms with Crippen molar-refractivity contribution in [1.29, 1.82) is 0 Å². The van der Waals surface area contributed by atoms with Gasteiger partial charge < -0.3 is 4.74 Å². The predicted molar refractivity (Wildman–Crippen MR) is 91.5 cm³/mol. The fraction of sp³-hybridized carbons (Fsp3) is 0.947. The molecule has 0 aliphatic heterocycles. The number of ether oxygens (including phenoxy) is 1. The minimum absolute atomic E-state index is 0.0101. The van der Waals surface area contributed by atoms with Gasteiger partial charge in [0.25, 0.3) is 0 Å². The Morgan fingerprint density at radius 3 is 1.81 bits per heavy atom. The van der Waals surface area contributed by atoms with Crippen molar-refractivity contribution in [1.82, 2.24) is 0 Å². The van der Waals surface area contributed by atoms with Crippen LogP contribution < -0.4 is 0 Å². The molecule has 0 atom stereocenters. The van der Waals surface area contributed by atoms with Gasteiger partial charge >= 0.3 is 5.97 Å². The van der Waals surface area contributed by atoms with Gasteiger partial charge in [-0.3, -0.25) is 4.79 Å². The third-order valence-electron chi connectivity index (χ3n) is 4.01. The van der Waals surface area contributed by atoms with E-state index in [1.54, 1.807) is 0 Å². The molecule has 0 saturated heterocycles. The van der Waals surface area contributed by atoms with Crippen molar-refractivity contribution in [2.24, 2.45) is 0 Å². The van der Waals surface area contributed by atoms with Gasteiger partial charge in [-0.25, -0.2) is 0 Å². The van der Waals surface area contributed by atoms with Crippen LogP contribution in [0.15, 0.2) is 0 Å². The molecule has 0 heterocycles. The second-order valence-corrected chi connectivity index (χ2v) is 6.92. The molecule has 2 heteroatoms. The van der Waals surface area contributed by atoms with Crippen molar-refractivity contribution in [2.45, 2.75) is 117 Å². The van der Waals surface area contributed by atoms with Crippen LogP contribution in [0, 0.1) is 0 Å². The fourth-order valence-electron chi connectivity index (χ4n) is 2.61. The Hall–Kier alpha value is -0.530. The van der Waals surface area contributed by atoms with Crippen LogP contribution in [0.1, 0.15) is 111 Å². The van der Waals surface area contributed by atoms with Gasteiger partial charge in [-0.05, 0) is 33.1 Å². The lowest BCUT2D eigenvalue weighted by atomic mass is 10.00. The van der Waals surface area contributed by atoms with Crippen LogP contribution in [0.4, 0.5) is 0 Å². The van der Waals surface area contributed by atoms with E-state index in [-0.39, 0.29) is 11.6 Å². The maximum Gasteiger partial charge on any atom is 0.306 e. The van der Waals surface area contributed by atoms with Gasteiger partial charge in [0.1, 0.15) is 5.60 Å². The lowest BCUT2D eigenvalue weighted by Gasteiger charge is -2.25. The molecular weight excluding hydrogens is 260 g/mol. The normalized spacial score (nSPS) is 11.6. The predicted octanol–water partition coefficient (Wildman–Crippen LogP) is 6.42. The van der Waals surface area contributed by atoms with Gasteiger partial charge in [0, 0.05) is 6.42 Å². The van der Waals surface area contributed by atoms with E-state index in [0.29, 0.717) is 6.42 Å². The molecule has 2 nitrogen and oxygen atoms in total. The average Bonchev–Trinajstić information content (AvgIpc) is 2.42. The molecule has 0 aliphatic rings. The van der Waals surface area contributed by atoms with E-state index in [2.05, 4.69) is 13.8 Å². The van der Waals surface area contributed by atoms with Crippen molar-refractivity contribution < 1.29 is 9.53 Å². The molecule has 21 heavy (non-hydrogen) atoms. The number of hydrogen-bond acceptors (Lipinski definition) is 2. The summed E-state index contributed by atoms with van der Waals surface area (Å²) in [4.78, 5) is 11.9. The summed E-state index contributed by atoms with van der Waals surface area (Å²) < 4.78 is 5.62. The summed E-state index contributed by atoms with van der Waals surface area (Å²) in [7, 11) is 0. The highest BCUT2D eigenvalue weighted by Crippen LogP contribution is 2.20. The SMILES string of the molecule is CCCCCCCCCC(=O)OC(C)(C)CCCCCC. The Labute approximate surface area is 133 Å². The van der Waals surface area contributed by atoms with Crippen molar-refractivity contribution in [3.8, 4) is 0 Å². The molecule has 0 unspecified atom stereocenters. The molecule has 0 fully saturated rings. The smallest absolute Gasteiger partial charge is 0.306 e. The molecule has 0 radical (unpaired) electrons. The first-order chi connectivity index (χ1) is 10.0. The molecule has 0 aliphatic carbocycles. The second-order valence-electron chi connectivity index (χ2n) is 6.92. The standard InChI is InChI=1S/C19H38O2/c1-5-7-9-11-12-13-14-16-18(20)21-19(3,4)17-15-10-8-6-2/h5-17H2,1-4H3. The maximum absolute atomic E-state index is 11.9. The zero-order chi connectivity index (χ0) is 16.0. The summed E-state index contributed by atoms with van der Waals surface area (Å²) in [6, 6.07) is 0. The number of carbonyl (C=O) groups excluding carboxylic acids is 1. The third kappa shape index (κ3) is 14.2. The summed E-state index contributed by atoms with van der Waals surface area (Å²) in [5.74, 6) is -0.0101. The van der Waals surface area contributed by atoms with E-state index in [1.807, 2.05) is 13.8 Å². The van der Waals surface area contributed by atoms with Crippen LogP contribution in [0.3, 0.4) is 0 Å². The molecule has 0 saturated carbocycles. The third-order valence-corrected chi connectivity index (χ3v) is 4.01. The van der Waals surface area contributed by atoms with Crippen LogP contribution >= 0.6 is 0 Å². The molecule has 0 aromatic heterocycles. The van der Waals surface area contributed by atoms with Gasteiger partial charge in [0.2, 0.25) is 0 Å². The van der Waals surface area contributed by atoms with E-state index >= 15 is 0 Å². The van der Waals surface area contributed by atoms with Gasteiger partial charge in [-0.1, -0.05) is 71.6 Å². The van der Waals surface area contributed by atoms with Crippen molar-refractivity contribution in [2.75, 3.05) is 0 Å². The zero-order valence-electron chi connectivity index (χ0n) is 15.0. The second kappa shape index (κ2) is 13.2. The van der Waals surface area contributed by atoms with Crippen LogP contribution in [0.5, 0.6) is 0 Å². The monoisotopic (exact) mass is 298 g/mol. The summed E-state index contributed by atoms with van der Waals surface area (Å²) in [6.45, 7) is 8.54. The van der Waals surface area contributed by atoms with Crippen LogP contribution in [0.2, 0.25) is 0 Å². The lowest BCUT2D eigenvalue weighted by molar-refractivity contribution is -0.157. The Morgan fingerprint density at radius 2 is 1.24 bits per heavy atom. The first-order valence-corrected chi connectivity index (χ1v) is 9.23. The molecule has 0 spiro atoms. The topological polar surface area (TPSA) is 26.3 Å². The molecule has 0 rings (SSSR count). The quantitative estimate of drug-likeness (QED) is 0.273. The number of carbonyl (C=O) groups is 1. The largest absolute Gasteiger partial charge is 0.460 e. The minimum atomic E-state index is -0.286. The van der Waals surface area contributed by atoms with Crippen molar-refractivity contribution in [3.05, 3.63) is 0 Å². The Balaban J connectivity index is 3.57. The Morgan fingerprint density at radius 1 is 0.762 bits per heavy atom. The Kier molecular flexibility index (Phi) is 12.8. The van der Waals surface area contributed by atoms with E-state index in [4.69, 9.17) is 4.74 Å². The zero-order valence-corrected chi connectivity index (χ0v) is 15.0. The fourth-order valence-corrected chi connectivity index (χ4v) is 2.61. The Bertz CT molecular complexity index is 246. The molecular formula is C19H38O2. The summed E-state index contributed by atoms with van der Waals surface area (Å²) in [5, 5.41) is 0. The van der Waals surface area contributed by atoms with Gasteiger partial charge in [-0.15, -0.1) is 0 Å². The minimum Gasteiger partial charge on any atom is -0.460 e. The molecule has 0 aromatic carbocycles. The van der Waals surface area contributed by atoms with Gasteiger partial charge in [-0.2, -0.15) is 0 Å². The summed E-state index contributed by atoms with van der Waals surface area (Å²) in [5.41, 5.74) is -0.286.